The summed E-state index contributed by atoms with van der Waals surface area (Å²) in [5, 5.41) is 0. The number of ether oxygens (including phenoxy) is 1. The molecule has 0 bridgehead atoms. The van der Waals surface area contributed by atoms with E-state index < -0.39 is 0 Å². The van der Waals surface area contributed by atoms with Crippen molar-refractivity contribution in [3.8, 4) is 0 Å². The minimum atomic E-state index is -0.0631. The molecule has 0 aliphatic carbocycles. The summed E-state index contributed by atoms with van der Waals surface area (Å²) >= 11 is 0. The lowest BCUT2D eigenvalue weighted by atomic mass is 10.1. The number of amides is 1. The molecular formula is C18H24N4O2. The molecule has 1 aliphatic rings. The maximum atomic E-state index is 12.9. The highest BCUT2D eigenvalue weighted by atomic mass is 16.5. The maximum absolute atomic E-state index is 12.9. The lowest BCUT2D eigenvalue weighted by molar-refractivity contribution is -0.131. The second-order valence-electron chi connectivity index (χ2n) is 6.41. The molecule has 2 aromatic rings. The SMILES string of the molecule is CO[C@@H]1C[C@@H](c2nc(C)c(C)[nH]2)N(C(=O)Cc2cccnc2C)C1. The van der Waals surface area contributed by atoms with Gasteiger partial charge in [-0.3, -0.25) is 9.78 Å². The van der Waals surface area contributed by atoms with Crippen molar-refractivity contribution in [2.24, 2.45) is 0 Å². The van der Waals surface area contributed by atoms with Crippen molar-refractivity contribution in [2.75, 3.05) is 13.7 Å². The zero-order chi connectivity index (χ0) is 17.3. The number of hydrogen-bond acceptors (Lipinski definition) is 4. The van der Waals surface area contributed by atoms with Gasteiger partial charge < -0.3 is 14.6 Å². The van der Waals surface area contributed by atoms with Crippen LogP contribution in [0.2, 0.25) is 0 Å². The van der Waals surface area contributed by atoms with Gasteiger partial charge in [0.15, 0.2) is 0 Å². The Morgan fingerprint density at radius 2 is 2.17 bits per heavy atom. The van der Waals surface area contributed by atoms with Crippen LogP contribution in [0.25, 0.3) is 0 Å². The first-order chi connectivity index (χ1) is 11.5. The lowest BCUT2D eigenvalue weighted by Crippen LogP contribution is -2.33. The van der Waals surface area contributed by atoms with Crippen molar-refractivity contribution in [1.82, 2.24) is 19.9 Å². The molecule has 0 unspecified atom stereocenters. The van der Waals surface area contributed by atoms with Crippen molar-refractivity contribution in [3.63, 3.8) is 0 Å². The first kappa shape index (κ1) is 16.6. The number of nitrogens with one attached hydrogen (secondary N) is 1. The van der Waals surface area contributed by atoms with Gasteiger partial charge in [0.25, 0.3) is 0 Å². The fourth-order valence-electron chi connectivity index (χ4n) is 3.20. The molecule has 2 aromatic heterocycles. The molecule has 1 saturated heterocycles. The van der Waals surface area contributed by atoms with Crippen LogP contribution in [-0.2, 0) is 16.0 Å². The quantitative estimate of drug-likeness (QED) is 0.934. The summed E-state index contributed by atoms with van der Waals surface area (Å²) < 4.78 is 5.51. The van der Waals surface area contributed by atoms with Crippen LogP contribution in [0.4, 0.5) is 0 Å². The van der Waals surface area contributed by atoms with Gasteiger partial charge in [0.1, 0.15) is 5.82 Å². The third-order valence-electron chi connectivity index (χ3n) is 4.84. The highest BCUT2D eigenvalue weighted by Crippen LogP contribution is 2.33. The van der Waals surface area contributed by atoms with Crippen LogP contribution in [-0.4, -0.2) is 45.5 Å². The Balaban J connectivity index is 1.83. The Morgan fingerprint density at radius 1 is 1.38 bits per heavy atom. The summed E-state index contributed by atoms with van der Waals surface area (Å²) in [6.07, 6.45) is 2.91. The monoisotopic (exact) mass is 328 g/mol. The van der Waals surface area contributed by atoms with Gasteiger partial charge in [-0.05, 0) is 32.4 Å². The van der Waals surface area contributed by atoms with Crippen molar-refractivity contribution in [2.45, 2.75) is 45.8 Å². The Hall–Kier alpha value is -2.21. The van der Waals surface area contributed by atoms with E-state index in [1.54, 1.807) is 13.3 Å². The van der Waals surface area contributed by atoms with Crippen molar-refractivity contribution in [3.05, 3.63) is 46.8 Å². The molecule has 128 valence electrons. The van der Waals surface area contributed by atoms with Gasteiger partial charge in [0.05, 0.1) is 24.3 Å². The molecule has 6 nitrogen and oxygen atoms in total. The third kappa shape index (κ3) is 3.19. The zero-order valence-corrected chi connectivity index (χ0v) is 14.7. The minimum Gasteiger partial charge on any atom is -0.380 e. The van der Waals surface area contributed by atoms with E-state index in [0.717, 1.165) is 34.9 Å². The fraction of sp³-hybridized carbons (Fsp3) is 0.500. The van der Waals surface area contributed by atoms with Gasteiger partial charge in [-0.2, -0.15) is 0 Å². The number of aromatic nitrogens is 3. The molecule has 6 heteroatoms. The maximum Gasteiger partial charge on any atom is 0.227 e. The number of imidazole rings is 1. The summed E-state index contributed by atoms with van der Waals surface area (Å²) in [6.45, 7) is 6.50. The van der Waals surface area contributed by atoms with Gasteiger partial charge in [-0.15, -0.1) is 0 Å². The van der Waals surface area contributed by atoms with Crippen LogP contribution in [0.15, 0.2) is 18.3 Å². The molecule has 1 fully saturated rings. The number of nitrogens with zero attached hydrogens (tertiary/aromatic N) is 3. The molecule has 3 rings (SSSR count). The smallest absolute Gasteiger partial charge is 0.227 e. The molecule has 24 heavy (non-hydrogen) atoms. The number of likely N-dealkylation sites (tertiary alicyclic amines) is 1. The van der Waals surface area contributed by atoms with Crippen molar-refractivity contribution >= 4 is 5.91 Å². The van der Waals surface area contributed by atoms with Gasteiger partial charge in [-0.25, -0.2) is 4.98 Å². The van der Waals surface area contributed by atoms with Gasteiger partial charge in [-0.1, -0.05) is 6.07 Å². The summed E-state index contributed by atoms with van der Waals surface area (Å²) in [6, 6.07) is 3.76. The van der Waals surface area contributed by atoms with E-state index in [1.165, 1.54) is 0 Å². The molecule has 1 aliphatic heterocycles. The molecular weight excluding hydrogens is 304 g/mol. The molecule has 0 saturated carbocycles. The largest absolute Gasteiger partial charge is 0.380 e. The summed E-state index contributed by atoms with van der Waals surface area (Å²) in [4.78, 5) is 27.0. The van der Waals surface area contributed by atoms with Crippen LogP contribution in [0, 0.1) is 20.8 Å². The number of aryl methyl sites for hydroxylation is 3. The standard InChI is InChI=1S/C18H24N4O2/c1-11-12(2)21-18(20-11)16-9-15(24-4)10-22(16)17(23)8-14-6-5-7-19-13(14)3/h5-7,15-16H,8-10H2,1-4H3,(H,20,21)/t15-,16+/m1/s1. The minimum absolute atomic E-state index is 0.0413. The molecule has 0 radical (unpaired) electrons. The Bertz CT molecular complexity index is 721. The Kier molecular flexibility index (Phi) is 4.66. The number of H-pyrrole nitrogens is 1. The average molecular weight is 328 g/mol. The number of hydrogen-bond donors (Lipinski definition) is 1. The molecule has 3 heterocycles. The second-order valence-corrected chi connectivity index (χ2v) is 6.41. The van der Waals surface area contributed by atoms with Crippen LogP contribution < -0.4 is 0 Å². The van der Waals surface area contributed by atoms with E-state index in [0.29, 0.717) is 13.0 Å². The van der Waals surface area contributed by atoms with Gasteiger partial charge in [0, 0.05) is 37.7 Å². The van der Waals surface area contributed by atoms with E-state index in [-0.39, 0.29) is 18.1 Å². The van der Waals surface area contributed by atoms with Crippen molar-refractivity contribution in [1.29, 1.82) is 0 Å². The number of carbonyl (C=O) groups is 1. The summed E-state index contributed by atoms with van der Waals surface area (Å²) in [7, 11) is 1.69. The second kappa shape index (κ2) is 6.73. The normalized spacial score (nSPS) is 20.6. The van der Waals surface area contributed by atoms with Crippen LogP contribution >= 0.6 is 0 Å². The van der Waals surface area contributed by atoms with E-state index in [4.69, 9.17) is 4.74 Å². The Labute approximate surface area is 142 Å². The molecule has 1 N–H and O–H groups in total. The summed E-state index contributed by atoms with van der Waals surface area (Å²) in [5.41, 5.74) is 3.88. The van der Waals surface area contributed by atoms with Gasteiger partial charge >= 0.3 is 0 Å². The molecule has 1 amide bonds. The number of pyridine rings is 1. The third-order valence-corrected chi connectivity index (χ3v) is 4.84. The van der Waals surface area contributed by atoms with Crippen LogP contribution in [0.5, 0.6) is 0 Å². The zero-order valence-electron chi connectivity index (χ0n) is 14.7. The summed E-state index contributed by atoms with van der Waals surface area (Å²) in [5.74, 6) is 0.933. The van der Waals surface area contributed by atoms with E-state index in [2.05, 4.69) is 15.0 Å². The predicted octanol–water partition coefficient (Wildman–Crippen LogP) is 2.26. The van der Waals surface area contributed by atoms with E-state index in [1.807, 2.05) is 37.8 Å². The molecule has 2 atom stereocenters. The Morgan fingerprint density at radius 3 is 2.79 bits per heavy atom. The number of rotatable bonds is 4. The number of aromatic amines is 1. The highest BCUT2D eigenvalue weighted by molar-refractivity contribution is 5.79. The first-order valence-electron chi connectivity index (χ1n) is 8.25. The van der Waals surface area contributed by atoms with Crippen LogP contribution in [0.1, 0.15) is 40.9 Å². The average Bonchev–Trinajstić information content (AvgIpc) is 3.13. The first-order valence-corrected chi connectivity index (χ1v) is 8.25. The van der Waals surface area contributed by atoms with E-state index >= 15 is 0 Å². The number of carbonyl (C=O) groups excluding carboxylic acids is 1. The highest BCUT2D eigenvalue weighted by Gasteiger charge is 2.38. The van der Waals surface area contributed by atoms with Gasteiger partial charge in [0.2, 0.25) is 5.91 Å². The van der Waals surface area contributed by atoms with E-state index in [9.17, 15) is 4.79 Å². The number of methoxy groups -OCH3 is 1. The topological polar surface area (TPSA) is 71.1 Å². The lowest BCUT2D eigenvalue weighted by Gasteiger charge is -2.23. The van der Waals surface area contributed by atoms with Crippen LogP contribution in [0.3, 0.4) is 0 Å². The molecule has 0 aromatic carbocycles. The molecule has 0 spiro atoms. The fourth-order valence-corrected chi connectivity index (χ4v) is 3.20. The predicted molar refractivity (Wildman–Crippen MR) is 90.6 cm³/mol. The van der Waals surface area contributed by atoms with Crippen molar-refractivity contribution < 1.29 is 9.53 Å².